The van der Waals surface area contributed by atoms with Crippen molar-refractivity contribution in [2.45, 2.75) is 18.4 Å². The van der Waals surface area contributed by atoms with Gasteiger partial charge in [-0.3, -0.25) is 0 Å². The molecule has 2 aromatic carbocycles. The second-order valence-electron chi connectivity index (χ2n) is 6.22. The highest BCUT2D eigenvalue weighted by Gasteiger charge is 2.39. The highest BCUT2D eigenvalue weighted by atomic mass is 35.5. The van der Waals surface area contributed by atoms with Crippen molar-refractivity contribution in [3.63, 3.8) is 0 Å². The maximum absolute atomic E-state index is 14.4. The molecule has 0 fully saturated rings. The van der Waals surface area contributed by atoms with Crippen LogP contribution in [0, 0.1) is 11.7 Å². The van der Waals surface area contributed by atoms with Crippen molar-refractivity contribution >= 4 is 23.3 Å². The van der Waals surface area contributed by atoms with Crippen molar-refractivity contribution < 1.29 is 14.3 Å². The Kier molecular flexibility index (Phi) is 3.57. The van der Waals surface area contributed by atoms with E-state index in [1.807, 2.05) is 0 Å². The lowest BCUT2D eigenvalue weighted by Gasteiger charge is -2.38. The van der Waals surface area contributed by atoms with Gasteiger partial charge in [-0.2, -0.15) is 0 Å². The van der Waals surface area contributed by atoms with E-state index in [0.29, 0.717) is 10.6 Å². The second-order valence-corrected chi connectivity index (χ2v) is 6.63. The van der Waals surface area contributed by atoms with Crippen LogP contribution < -0.4 is 5.32 Å². The summed E-state index contributed by atoms with van der Waals surface area (Å²) in [5.41, 5.74) is 2.51. The van der Waals surface area contributed by atoms with Crippen LogP contribution in [-0.4, -0.2) is 11.1 Å². The monoisotopic (exact) mass is 343 g/mol. The molecule has 24 heavy (non-hydrogen) atoms. The highest BCUT2D eigenvalue weighted by molar-refractivity contribution is 6.31. The zero-order valence-electron chi connectivity index (χ0n) is 12.7. The smallest absolute Gasteiger partial charge is 0.335 e. The van der Waals surface area contributed by atoms with Gasteiger partial charge < -0.3 is 10.4 Å². The van der Waals surface area contributed by atoms with E-state index in [4.69, 9.17) is 11.6 Å². The predicted octanol–water partition coefficient (Wildman–Crippen LogP) is 5.00. The van der Waals surface area contributed by atoms with Gasteiger partial charge in [0.05, 0.1) is 11.6 Å². The first-order valence-electron chi connectivity index (χ1n) is 7.80. The Balaban J connectivity index is 1.83. The maximum atomic E-state index is 14.4. The number of hydrogen-bond donors (Lipinski definition) is 2. The van der Waals surface area contributed by atoms with Gasteiger partial charge in [0.15, 0.2) is 0 Å². The third-order valence-corrected chi connectivity index (χ3v) is 5.25. The number of anilines is 1. The average Bonchev–Trinajstić information content (AvgIpc) is 3.04. The molecular weight excluding hydrogens is 329 g/mol. The van der Waals surface area contributed by atoms with Crippen LogP contribution >= 0.6 is 11.6 Å². The van der Waals surface area contributed by atoms with E-state index < -0.39 is 5.97 Å². The Morgan fingerprint density at radius 2 is 2.12 bits per heavy atom. The molecule has 0 spiro atoms. The molecule has 122 valence electrons. The van der Waals surface area contributed by atoms with E-state index in [1.54, 1.807) is 30.3 Å². The lowest BCUT2D eigenvalue weighted by atomic mass is 9.76. The number of carbonyl (C=O) groups is 1. The maximum Gasteiger partial charge on any atom is 0.335 e. The number of aromatic carboxylic acids is 1. The molecule has 2 aliphatic rings. The molecule has 0 saturated carbocycles. The summed E-state index contributed by atoms with van der Waals surface area (Å²) >= 11 is 6.27. The molecule has 2 aromatic rings. The Bertz CT molecular complexity index is 844. The molecule has 0 amide bonds. The third-order valence-electron chi connectivity index (χ3n) is 4.92. The van der Waals surface area contributed by atoms with Crippen LogP contribution in [0.4, 0.5) is 10.1 Å². The first-order valence-corrected chi connectivity index (χ1v) is 8.18. The first-order chi connectivity index (χ1) is 11.6. The SMILES string of the molecule is O=C(O)c1ccc2c(c1)[C@@H]1C=CC[C@@H]1[C@H](c1c(F)cccc1Cl)N2. The number of halogens is 2. The van der Waals surface area contributed by atoms with Crippen LogP contribution in [0.2, 0.25) is 5.02 Å². The van der Waals surface area contributed by atoms with Crippen LogP contribution in [-0.2, 0) is 0 Å². The molecule has 0 bridgehead atoms. The summed E-state index contributed by atoms with van der Waals surface area (Å²) in [6, 6.07) is 9.49. The summed E-state index contributed by atoms with van der Waals surface area (Å²) in [5, 5.41) is 13.0. The number of hydrogen-bond acceptors (Lipinski definition) is 2. The molecule has 1 aliphatic heterocycles. The second kappa shape index (κ2) is 5.64. The molecule has 5 heteroatoms. The zero-order valence-corrected chi connectivity index (χ0v) is 13.4. The highest BCUT2D eigenvalue weighted by Crippen LogP contribution is 2.51. The standard InChI is InChI=1S/C19H15ClFNO2/c20-14-5-2-6-15(21)17(14)18-12-4-1-3-11(12)13-9-10(19(23)24)7-8-16(13)22-18/h1-3,5-9,11-12,18,22H,4H2,(H,23,24)/t11-,12+,18-/m1/s1. The molecule has 0 aromatic heterocycles. The minimum atomic E-state index is -0.949. The van der Waals surface area contributed by atoms with Crippen molar-refractivity contribution in [1.82, 2.24) is 0 Å². The Morgan fingerprint density at radius 3 is 2.88 bits per heavy atom. The van der Waals surface area contributed by atoms with Gasteiger partial charge >= 0.3 is 5.97 Å². The van der Waals surface area contributed by atoms with E-state index in [-0.39, 0.29) is 29.3 Å². The predicted molar refractivity (Wildman–Crippen MR) is 91.2 cm³/mol. The molecular formula is C19H15ClFNO2. The summed E-state index contributed by atoms with van der Waals surface area (Å²) in [6.07, 6.45) is 4.95. The molecule has 0 unspecified atom stereocenters. The fourth-order valence-electron chi connectivity index (χ4n) is 3.82. The lowest BCUT2D eigenvalue weighted by Crippen LogP contribution is -2.30. The van der Waals surface area contributed by atoms with Crippen molar-refractivity contribution in [3.05, 3.63) is 76.1 Å². The van der Waals surface area contributed by atoms with Gasteiger partial charge in [-0.1, -0.05) is 29.8 Å². The van der Waals surface area contributed by atoms with Crippen LogP contribution in [0.25, 0.3) is 0 Å². The van der Waals surface area contributed by atoms with Gasteiger partial charge in [0.2, 0.25) is 0 Å². The van der Waals surface area contributed by atoms with E-state index in [0.717, 1.165) is 17.7 Å². The summed E-state index contributed by atoms with van der Waals surface area (Å²) in [6.45, 7) is 0. The Hall–Kier alpha value is -2.33. The Labute approximate surface area is 143 Å². The van der Waals surface area contributed by atoms with Gasteiger partial charge in [-0.25, -0.2) is 9.18 Å². The molecule has 4 rings (SSSR count). The van der Waals surface area contributed by atoms with E-state index in [9.17, 15) is 14.3 Å². The minimum absolute atomic E-state index is 0.0567. The normalized spacial score (nSPS) is 24.2. The number of nitrogens with one attached hydrogen (secondary N) is 1. The molecule has 3 atom stereocenters. The number of fused-ring (bicyclic) bond motifs is 3. The van der Waals surface area contributed by atoms with Crippen molar-refractivity contribution in [2.75, 3.05) is 5.32 Å². The number of benzene rings is 2. The van der Waals surface area contributed by atoms with E-state index >= 15 is 0 Å². The molecule has 1 heterocycles. The largest absolute Gasteiger partial charge is 0.478 e. The minimum Gasteiger partial charge on any atom is -0.478 e. The van der Waals surface area contributed by atoms with Crippen molar-refractivity contribution in [2.24, 2.45) is 5.92 Å². The van der Waals surface area contributed by atoms with Gasteiger partial charge in [-0.05, 0) is 48.2 Å². The van der Waals surface area contributed by atoms with Crippen LogP contribution in [0.3, 0.4) is 0 Å². The van der Waals surface area contributed by atoms with Crippen molar-refractivity contribution in [3.8, 4) is 0 Å². The summed E-state index contributed by atoms with van der Waals surface area (Å²) in [4.78, 5) is 11.2. The summed E-state index contributed by atoms with van der Waals surface area (Å²) in [7, 11) is 0. The summed E-state index contributed by atoms with van der Waals surface area (Å²) < 4.78 is 14.4. The Morgan fingerprint density at radius 1 is 1.29 bits per heavy atom. The molecule has 0 radical (unpaired) electrons. The number of allylic oxidation sites excluding steroid dienone is 2. The molecule has 3 nitrogen and oxygen atoms in total. The zero-order chi connectivity index (χ0) is 16.8. The lowest BCUT2D eigenvalue weighted by molar-refractivity contribution is 0.0696. The van der Waals surface area contributed by atoms with Crippen molar-refractivity contribution in [1.29, 1.82) is 0 Å². The molecule has 2 N–H and O–H groups in total. The number of rotatable bonds is 2. The fourth-order valence-corrected chi connectivity index (χ4v) is 4.10. The van der Waals surface area contributed by atoms with Gasteiger partial charge in [0.1, 0.15) is 5.82 Å². The van der Waals surface area contributed by atoms with Gasteiger partial charge in [0, 0.05) is 22.2 Å². The molecule has 0 saturated heterocycles. The van der Waals surface area contributed by atoms with E-state index in [2.05, 4.69) is 17.5 Å². The summed E-state index contributed by atoms with van der Waals surface area (Å²) in [5.74, 6) is -1.11. The van der Waals surface area contributed by atoms with E-state index in [1.165, 1.54) is 6.07 Å². The third kappa shape index (κ3) is 2.29. The molecule has 1 aliphatic carbocycles. The fraction of sp³-hybridized carbons (Fsp3) is 0.211. The van der Waals surface area contributed by atoms with Gasteiger partial charge in [0.25, 0.3) is 0 Å². The van der Waals surface area contributed by atoms with Gasteiger partial charge in [-0.15, -0.1) is 0 Å². The first kappa shape index (κ1) is 15.2. The number of carboxylic acid groups (broad SMARTS) is 1. The topological polar surface area (TPSA) is 49.3 Å². The van der Waals surface area contributed by atoms with Crippen LogP contribution in [0.1, 0.15) is 39.9 Å². The van der Waals surface area contributed by atoms with Crippen LogP contribution in [0.5, 0.6) is 0 Å². The quantitative estimate of drug-likeness (QED) is 0.754. The average molecular weight is 344 g/mol. The van der Waals surface area contributed by atoms with Crippen LogP contribution in [0.15, 0.2) is 48.6 Å². The number of carboxylic acids is 1.